The number of carboxylic acid groups (broad SMARTS) is 1. The Morgan fingerprint density at radius 1 is 1.11 bits per heavy atom. The number of fused-ring (bicyclic) bond motifs is 2. The van der Waals surface area contributed by atoms with E-state index in [1.54, 1.807) is 6.08 Å². The maximum Gasteiger partial charge on any atom is 0.328 e. The van der Waals surface area contributed by atoms with Crippen molar-refractivity contribution in [3.63, 3.8) is 0 Å². The van der Waals surface area contributed by atoms with Gasteiger partial charge in [-0.1, -0.05) is 42.5 Å². The van der Waals surface area contributed by atoms with E-state index >= 15 is 0 Å². The average Bonchev–Trinajstić information content (AvgIpc) is 3.03. The Bertz CT molecular complexity index is 433. The molecule has 94 valence electrons. The lowest BCUT2D eigenvalue weighted by Gasteiger charge is -1.96. The van der Waals surface area contributed by atoms with Gasteiger partial charge in [-0.25, -0.2) is 4.79 Å². The van der Waals surface area contributed by atoms with Crippen LogP contribution in [0.5, 0.6) is 0 Å². The third-order valence-electron chi connectivity index (χ3n) is 3.39. The van der Waals surface area contributed by atoms with Crippen LogP contribution in [0.4, 0.5) is 0 Å². The number of carbonyl (C=O) groups is 1. The first-order chi connectivity index (χ1) is 8.74. The van der Waals surface area contributed by atoms with Crippen molar-refractivity contribution in [3.8, 4) is 0 Å². The van der Waals surface area contributed by atoms with Crippen LogP contribution in [0.25, 0.3) is 6.08 Å². The van der Waals surface area contributed by atoms with Crippen LogP contribution >= 0.6 is 0 Å². The highest BCUT2D eigenvalue weighted by Crippen LogP contribution is 2.38. The van der Waals surface area contributed by atoms with E-state index < -0.39 is 5.97 Å². The van der Waals surface area contributed by atoms with Crippen LogP contribution in [0.1, 0.15) is 24.8 Å². The molecule has 1 N–H and O–H groups in total. The first-order valence-corrected chi connectivity index (χ1v) is 6.38. The van der Waals surface area contributed by atoms with E-state index in [4.69, 9.17) is 5.11 Å². The highest BCUT2D eigenvalue weighted by Gasteiger charge is 2.25. The summed E-state index contributed by atoms with van der Waals surface area (Å²) in [7, 11) is 0. The minimum Gasteiger partial charge on any atom is -0.478 e. The van der Waals surface area contributed by atoms with Gasteiger partial charge in [0.2, 0.25) is 0 Å². The van der Waals surface area contributed by atoms with E-state index in [9.17, 15) is 4.79 Å². The van der Waals surface area contributed by atoms with Gasteiger partial charge >= 0.3 is 5.97 Å². The quantitative estimate of drug-likeness (QED) is 0.633. The molecule has 0 radical (unpaired) electrons. The molecule has 1 aromatic rings. The summed E-state index contributed by atoms with van der Waals surface area (Å²) < 4.78 is 0. The summed E-state index contributed by atoms with van der Waals surface area (Å²) in [5.41, 5.74) is 0.898. The summed E-state index contributed by atoms with van der Waals surface area (Å²) >= 11 is 0. The van der Waals surface area contributed by atoms with Gasteiger partial charge in [-0.3, -0.25) is 0 Å². The van der Waals surface area contributed by atoms with Crippen molar-refractivity contribution in [2.45, 2.75) is 19.3 Å². The SMILES string of the molecule is C1=CC2CCC1C2.O=C(O)C=Cc1ccccc1. The summed E-state index contributed by atoms with van der Waals surface area (Å²) in [6, 6.07) is 9.31. The fourth-order valence-electron chi connectivity index (χ4n) is 2.45. The standard InChI is InChI=1S/C9H8O2.C7H10/c10-9(11)7-6-8-4-2-1-3-5-8;1-2-7-4-3-6(1)5-7/h1-7H,(H,10,11);1-2,6-7H,3-5H2. The number of carboxylic acids is 1. The lowest BCUT2D eigenvalue weighted by Crippen LogP contribution is -1.85. The number of rotatable bonds is 2. The molecule has 2 bridgehead atoms. The molecule has 2 heteroatoms. The van der Waals surface area contributed by atoms with Gasteiger partial charge in [-0.05, 0) is 42.7 Å². The van der Waals surface area contributed by atoms with Crippen molar-refractivity contribution >= 4 is 12.0 Å². The van der Waals surface area contributed by atoms with Gasteiger partial charge in [0.05, 0.1) is 0 Å². The molecular weight excluding hydrogens is 224 g/mol. The fraction of sp³-hybridized carbons (Fsp3) is 0.312. The molecule has 2 atom stereocenters. The molecule has 0 amide bonds. The van der Waals surface area contributed by atoms with Crippen LogP contribution < -0.4 is 0 Å². The molecule has 1 saturated carbocycles. The summed E-state index contributed by atoms with van der Waals surface area (Å²) in [4.78, 5) is 10.1. The van der Waals surface area contributed by atoms with Crippen molar-refractivity contribution < 1.29 is 9.90 Å². The molecule has 2 aliphatic rings. The lowest BCUT2D eigenvalue weighted by molar-refractivity contribution is -0.131. The highest BCUT2D eigenvalue weighted by molar-refractivity contribution is 5.85. The van der Waals surface area contributed by atoms with E-state index in [1.807, 2.05) is 30.3 Å². The molecule has 2 unspecified atom stereocenters. The molecule has 0 aliphatic heterocycles. The van der Waals surface area contributed by atoms with Crippen molar-refractivity contribution in [2.75, 3.05) is 0 Å². The first kappa shape index (κ1) is 12.6. The number of allylic oxidation sites excluding steroid dienone is 2. The molecule has 3 rings (SSSR count). The molecule has 18 heavy (non-hydrogen) atoms. The summed E-state index contributed by atoms with van der Waals surface area (Å²) in [6.07, 6.45) is 11.9. The smallest absolute Gasteiger partial charge is 0.328 e. The Labute approximate surface area is 108 Å². The van der Waals surface area contributed by atoms with Gasteiger partial charge in [-0.2, -0.15) is 0 Å². The zero-order chi connectivity index (χ0) is 12.8. The minimum atomic E-state index is -0.922. The maximum atomic E-state index is 10.1. The van der Waals surface area contributed by atoms with E-state index in [0.717, 1.165) is 23.5 Å². The van der Waals surface area contributed by atoms with Crippen molar-refractivity contribution in [2.24, 2.45) is 11.8 Å². The third-order valence-corrected chi connectivity index (χ3v) is 3.39. The van der Waals surface area contributed by atoms with Gasteiger partial charge in [0.1, 0.15) is 0 Å². The van der Waals surface area contributed by atoms with Crippen LogP contribution in [0.2, 0.25) is 0 Å². The van der Waals surface area contributed by atoms with Crippen molar-refractivity contribution in [1.82, 2.24) is 0 Å². The van der Waals surface area contributed by atoms with Crippen LogP contribution in [0.3, 0.4) is 0 Å². The van der Waals surface area contributed by atoms with Gasteiger partial charge < -0.3 is 5.11 Å². The molecule has 1 fully saturated rings. The van der Waals surface area contributed by atoms with Crippen molar-refractivity contribution in [3.05, 3.63) is 54.1 Å². The van der Waals surface area contributed by atoms with Crippen LogP contribution in [-0.2, 0) is 4.79 Å². The zero-order valence-electron chi connectivity index (χ0n) is 10.3. The number of benzene rings is 1. The van der Waals surface area contributed by atoms with E-state index in [1.165, 1.54) is 19.3 Å². The Hall–Kier alpha value is -1.83. The predicted molar refractivity (Wildman–Crippen MR) is 73.1 cm³/mol. The van der Waals surface area contributed by atoms with Crippen molar-refractivity contribution in [1.29, 1.82) is 0 Å². The molecule has 2 aliphatic carbocycles. The molecular formula is C16H18O2. The van der Waals surface area contributed by atoms with Gasteiger partial charge in [-0.15, -0.1) is 0 Å². The number of aliphatic carboxylic acids is 1. The van der Waals surface area contributed by atoms with E-state index in [-0.39, 0.29) is 0 Å². The number of hydrogen-bond acceptors (Lipinski definition) is 1. The summed E-state index contributed by atoms with van der Waals surface area (Å²) in [5.74, 6) is 1.06. The largest absolute Gasteiger partial charge is 0.478 e. The van der Waals surface area contributed by atoms with E-state index in [2.05, 4.69) is 12.2 Å². The Morgan fingerprint density at radius 2 is 1.72 bits per heavy atom. The lowest BCUT2D eigenvalue weighted by atomic mass is 10.1. The van der Waals surface area contributed by atoms with Gasteiger partial charge in [0.15, 0.2) is 0 Å². The van der Waals surface area contributed by atoms with Crippen LogP contribution in [-0.4, -0.2) is 11.1 Å². The molecule has 0 aromatic heterocycles. The Morgan fingerprint density at radius 3 is 2.11 bits per heavy atom. The predicted octanol–water partition coefficient (Wildman–Crippen LogP) is 3.76. The maximum absolute atomic E-state index is 10.1. The second-order valence-electron chi connectivity index (χ2n) is 4.80. The Kier molecular flexibility index (Phi) is 4.35. The molecule has 0 saturated heterocycles. The molecule has 0 heterocycles. The normalized spacial score (nSPS) is 24.0. The topological polar surface area (TPSA) is 37.3 Å². The molecule has 2 nitrogen and oxygen atoms in total. The number of hydrogen-bond donors (Lipinski definition) is 1. The second-order valence-corrected chi connectivity index (χ2v) is 4.80. The minimum absolute atomic E-state index is 0.898. The second kappa shape index (κ2) is 6.20. The Balaban J connectivity index is 0.000000146. The van der Waals surface area contributed by atoms with Gasteiger partial charge in [0, 0.05) is 6.08 Å². The molecule has 1 aromatic carbocycles. The molecule has 0 spiro atoms. The first-order valence-electron chi connectivity index (χ1n) is 6.38. The zero-order valence-corrected chi connectivity index (χ0v) is 10.3. The van der Waals surface area contributed by atoms with Crippen LogP contribution in [0, 0.1) is 11.8 Å². The fourth-order valence-corrected chi connectivity index (χ4v) is 2.45. The third kappa shape index (κ3) is 3.88. The van der Waals surface area contributed by atoms with Gasteiger partial charge in [0.25, 0.3) is 0 Å². The summed E-state index contributed by atoms with van der Waals surface area (Å²) in [5, 5.41) is 8.29. The van der Waals surface area contributed by atoms with Crippen LogP contribution in [0.15, 0.2) is 48.6 Å². The summed E-state index contributed by atoms with van der Waals surface area (Å²) in [6.45, 7) is 0. The monoisotopic (exact) mass is 242 g/mol. The highest BCUT2D eigenvalue weighted by atomic mass is 16.4. The van der Waals surface area contributed by atoms with E-state index in [0.29, 0.717) is 0 Å². The average molecular weight is 242 g/mol.